The van der Waals surface area contributed by atoms with E-state index < -0.39 is 12.1 Å². The van der Waals surface area contributed by atoms with Gasteiger partial charge < -0.3 is 20.3 Å². The highest BCUT2D eigenvalue weighted by molar-refractivity contribution is 5.76. The van der Waals surface area contributed by atoms with Crippen molar-refractivity contribution in [3.63, 3.8) is 0 Å². The van der Waals surface area contributed by atoms with Crippen molar-refractivity contribution in [2.45, 2.75) is 405 Å². The number of carbonyl (C=O) groups excluding carboxylic acids is 2. The van der Waals surface area contributed by atoms with Gasteiger partial charge in [-0.2, -0.15) is 0 Å². The minimum absolute atomic E-state index is 0.0196. The Bertz CT molecular complexity index is 1130. The van der Waals surface area contributed by atoms with Crippen molar-refractivity contribution in [2.24, 2.45) is 0 Å². The third kappa shape index (κ3) is 61.7. The molecule has 6 nitrogen and oxygen atoms in total. The van der Waals surface area contributed by atoms with Gasteiger partial charge in [-0.25, -0.2) is 0 Å². The van der Waals surface area contributed by atoms with E-state index in [1.807, 2.05) is 0 Å². The molecule has 0 heterocycles. The van der Waals surface area contributed by atoms with Gasteiger partial charge in [-0.3, -0.25) is 9.59 Å². The molecule has 6 heteroatoms. The minimum atomic E-state index is -0.663. The van der Waals surface area contributed by atoms with E-state index in [4.69, 9.17) is 4.74 Å². The Hall–Kier alpha value is -1.40. The number of esters is 1. The molecule has 0 aromatic heterocycles. The Balaban J connectivity index is 3.35. The maximum absolute atomic E-state index is 12.5. The van der Waals surface area contributed by atoms with E-state index in [2.05, 4.69) is 31.3 Å². The quantitative estimate of drug-likeness (QED) is 0.0320. The molecule has 0 rings (SSSR count). The maximum atomic E-state index is 12.5. The van der Waals surface area contributed by atoms with Gasteiger partial charge in [-0.1, -0.05) is 341 Å². The van der Waals surface area contributed by atoms with Gasteiger partial charge in [0.1, 0.15) is 0 Å². The van der Waals surface area contributed by atoms with Gasteiger partial charge in [0.2, 0.25) is 5.91 Å². The molecule has 0 radical (unpaired) electrons. The van der Waals surface area contributed by atoms with Crippen LogP contribution >= 0.6 is 0 Å². The van der Waals surface area contributed by atoms with Crippen LogP contribution < -0.4 is 5.32 Å². The van der Waals surface area contributed by atoms with Crippen molar-refractivity contribution in [3.8, 4) is 0 Å². The number of aliphatic hydroxyl groups is 2. The smallest absolute Gasteiger partial charge is 0.305 e. The minimum Gasteiger partial charge on any atom is -0.466 e. The van der Waals surface area contributed by atoms with Crippen LogP contribution in [0.5, 0.6) is 0 Å². The summed E-state index contributed by atoms with van der Waals surface area (Å²) in [6.45, 7) is 4.99. The van der Waals surface area contributed by atoms with Gasteiger partial charge in [0, 0.05) is 12.8 Å². The molecule has 75 heavy (non-hydrogen) atoms. The number of hydrogen-bond acceptors (Lipinski definition) is 5. The van der Waals surface area contributed by atoms with Crippen LogP contribution in [0.25, 0.3) is 0 Å². The first-order chi connectivity index (χ1) is 37.0. The topological polar surface area (TPSA) is 95.9 Å². The zero-order valence-electron chi connectivity index (χ0n) is 51.1. The Morgan fingerprint density at radius 3 is 0.947 bits per heavy atom. The molecule has 0 saturated carbocycles. The van der Waals surface area contributed by atoms with E-state index >= 15 is 0 Å². The molecule has 1 amide bonds. The molecule has 0 spiro atoms. The average Bonchev–Trinajstić information content (AvgIpc) is 3.41. The first-order valence-electron chi connectivity index (χ1n) is 34.4. The number of carbonyl (C=O) groups is 2. The summed E-state index contributed by atoms with van der Waals surface area (Å²) in [6, 6.07) is -0.540. The van der Waals surface area contributed by atoms with Crippen LogP contribution in [0, 0.1) is 0 Å². The Labute approximate surface area is 469 Å². The van der Waals surface area contributed by atoms with E-state index in [9.17, 15) is 19.8 Å². The highest BCUT2D eigenvalue weighted by atomic mass is 16.5. The van der Waals surface area contributed by atoms with Gasteiger partial charge in [0.05, 0.1) is 25.4 Å². The van der Waals surface area contributed by atoms with Gasteiger partial charge in [-0.05, 0) is 51.4 Å². The second-order valence-electron chi connectivity index (χ2n) is 23.9. The van der Waals surface area contributed by atoms with Crippen LogP contribution in [0.1, 0.15) is 393 Å². The van der Waals surface area contributed by atoms with Gasteiger partial charge in [0.25, 0.3) is 0 Å². The van der Waals surface area contributed by atoms with E-state index in [0.717, 1.165) is 38.5 Å². The fourth-order valence-electron chi connectivity index (χ4n) is 11.1. The normalized spacial score (nSPS) is 12.5. The van der Waals surface area contributed by atoms with Crippen molar-refractivity contribution in [1.29, 1.82) is 0 Å². The second kappa shape index (κ2) is 65.1. The first-order valence-corrected chi connectivity index (χ1v) is 34.4. The summed E-state index contributed by atoms with van der Waals surface area (Å²) in [5.74, 6) is -0.0122. The van der Waals surface area contributed by atoms with Crippen molar-refractivity contribution >= 4 is 11.9 Å². The third-order valence-corrected chi connectivity index (χ3v) is 16.3. The average molecular weight is 1060 g/mol. The molecule has 0 bridgehead atoms. The van der Waals surface area contributed by atoms with E-state index in [-0.39, 0.29) is 18.5 Å². The lowest BCUT2D eigenvalue weighted by Gasteiger charge is -2.22. The molecular formula is C69H135NO5. The van der Waals surface area contributed by atoms with Crippen molar-refractivity contribution in [1.82, 2.24) is 5.32 Å². The fourth-order valence-corrected chi connectivity index (χ4v) is 11.1. The molecule has 0 saturated heterocycles. The lowest BCUT2D eigenvalue weighted by Crippen LogP contribution is -2.45. The lowest BCUT2D eigenvalue weighted by molar-refractivity contribution is -0.143. The van der Waals surface area contributed by atoms with E-state index in [0.29, 0.717) is 25.9 Å². The summed E-state index contributed by atoms with van der Waals surface area (Å²) in [7, 11) is 0. The van der Waals surface area contributed by atoms with Crippen LogP contribution in [0.3, 0.4) is 0 Å². The monoisotopic (exact) mass is 1060 g/mol. The standard InChI is InChI=1S/C69H135NO5/c1-3-5-7-9-11-13-15-17-33-37-41-45-49-53-57-61-67(72)66(65-71)70-68(73)62-58-54-50-46-42-38-35-31-29-27-25-23-21-19-20-22-24-26-28-30-32-36-40-44-48-52-56-60-64-75-69(74)63-59-55-51-47-43-39-34-18-16-14-12-10-8-6-4-2/h19-20,66-67,71-72H,3-18,21-65H2,1-2H3,(H,70,73)/b20-19-. The summed E-state index contributed by atoms with van der Waals surface area (Å²) in [5.41, 5.74) is 0. The molecule has 2 atom stereocenters. The highest BCUT2D eigenvalue weighted by Crippen LogP contribution is 2.19. The first kappa shape index (κ1) is 73.6. The van der Waals surface area contributed by atoms with Crippen LogP contribution in [0.4, 0.5) is 0 Å². The van der Waals surface area contributed by atoms with Crippen molar-refractivity contribution in [3.05, 3.63) is 12.2 Å². The van der Waals surface area contributed by atoms with E-state index in [1.165, 1.54) is 321 Å². The molecule has 0 aliphatic carbocycles. The van der Waals surface area contributed by atoms with E-state index in [1.54, 1.807) is 0 Å². The largest absolute Gasteiger partial charge is 0.466 e. The predicted octanol–water partition coefficient (Wildman–Crippen LogP) is 22.0. The summed E-state index contributed by atoms with van der Waals surface area (Å²) in [5, 5.41) is 23.3. The molecule has 0 aliphatic heterocycles. The van der Waals surface area contributed by atoms with Gasteiger partial charge in [-0.15, -0.1) is 0 Å². The zero-order valence-corrected chi connectivity index (χ0v) is 51.1. The van der Waals surface area contributed by atoms with Crippen LogP contribution in [0.15, 0.2) is 12.2 Å². The second-order valence-corrected chi connectivity index (χ2v) is 23.9. The molecule has 3 N–H and O–H groups in total. The Morgan fingerprint density at radius 1 is 0.360 bits per heavy atom. The Kier molecular flexibility index (Phi) is 63.9. The molecule has 2 unspecified atom stereocenters. The van der Waals surface area contributed by atoms with Crippen LogP contribution in [-0.2, 0) is 14.3 Å². The summed E-state index contributed by atoms with van der Waals surface area (Å²) in [6.07, 6.45) is 79.7. The van der Waals surface area contributed by atoms with Crippen LogP contribution in [0.2, 0.25) is 0 Å². The molecular weight excluding hydrogens is 923 g/mol. The van der Waals surface area contributed by atoms with Crippen molar-refractivity contribution in [2.75, 3.05) is 13.2 Å². The molecule has 0 aliphatic rings. The van der Waals surface area contributed by atoms with Gasteiger partial charge >= 0.3 is 5.97 Å². The number of rotatable bonds is 65. The fraction of sp³-hybridized carbons (Fsp3) is 0.942. The number of unbranched alkanes of at least 4 members (excludes halogenated alkanes) is 52. The summed E-state index contributed by atoms with van der Waals surface area (Å²) >= 11 is 0. The number of allylic oxidation sites excluding steroid dienone is 2. The lowest BCUT2D eigenvalue weighted by atomic mass is 10.0. The van der Waals surface area contributed by atoms with Gasteiger partial charge in [0.15, 0.2) is 0 Å². The number of aliphatic hydroxyl groups excluding tert-OH is 2. The third-order valence-electron chi connectivity index (χ3n) is 16.3. The predicted molar refractivity (Wildman–Crippen MR) is 329 cm³/mol. The highest BCUT2D eigenvalue weighted by Gasteiger charge is 2.20. The number of hydrogen-bond donors (Lipinski definition) is 3. The molecule has 446 valence electrons. The molecule has 0 aromatic carbocycles. The number of nitrogens with one attached hydrogen (secondary N) is 1. The SMILES string of the molecule is CCCCCCCCCCCCCCCCCC(=O)OCCCCCCCCCCCCCC/C=C\CCCCCCCCCCCCCCC(=O)NC(CO)C(O)CCCCCCCCCCCCCCCCC. The molecule has 0 aromatic rings. The number of ether oxygens (including phenoxy) is 1. The summed E-state index contributed by atoms with van der Waals surface area (Å²) < 4.78 is 5.50. The summed E-state index contributed by atoms with van der Waals surface area (Å²) in [4.78, 5) is 24.6. The van der Waals surface area contributed by atoms with Crippen LogP contribution in [-0.4, -0.2) is 47.4 Å². The zero-order chi connectivity index (χ0) is 54.3. The number of amides is 1. The Morgan fingerprint density at radius 2 is 0.627 bits per heavy atom. The van der Waals surface area contributed by atoms with Crippen molar-refractivity contribution < 1.29 is 24.5 Å². The molecule has 0 fully saturated rings. The maximum Gasteiger partial charge on any atom is 0.305 e.